The Morgan fingerprint density at radius 1 is 0.571 bits per heavy atom. The number of aromatic nitrogens is 14. The van der Waals surface area contributed by atoms with Gasteiger partial charge in [-0.1, -0.05) is 0 Å². The van der Waals surface area contributed by atoms with E-state index in [0.29, 0.717) is 5.56 Å². The number of hydrogen-bond acceptors (Lipinski definition) is 35. The first-order chi connectivity index (χ1) is 46.4. The molecule has 0 aliphatic carbocycles. The number of imidazole rings is 2. The number of phosphoric acid groups is 4. The molecular weight excluding hydrogens is 1400 g/mol. The Labute approximate surface area is 546 Å². The highest BCUT2D eigenvalue weighted by Gasteiger charge is 2.50. The molecule has 0 aromatic carbocycles. The van der Waals surface area contributed by atoms with Crippen LogP contribution in [0.5, 0.6) is 0 Å². The summed E-state index contributed by atoms with van der Waals surface area (Å²) in [6.45, 7) is -2.91. The predicted octanol–water partition coefficient (Wildman–Crippen LogP) is -2.83. The Morgan fingerprint density at radius 3 is 1.65 bits per heavy atom. The third kappa shape index (κ3) is 15.7. The summed E-state index contributed by atoms with van der Waals surface area (Å²) in [5.74, 6) is -0.554. The molecule has 50 heteroatoms. The van der Waals surface area contributed by atoms with Crippen LogP contribution in [-0.2, 0) is 78.1 Å². The van der Waals surface area contributed by atoms with Crippen LogP contribution >= 0.6 is 31.3 Å². The molecule has 5 aliphatic heterocycles. The minimum atomic E-state index is -5.48. The molecule has 532 valence electrons. The molecule has 12 heterocycles. The van der Waals surface area contributed by atoms with Crippen molar-refractivity contribution in [1.29, 1.82) is 0 Å². The topological polar surface area (TPSA) is 653 Å². The quantitative estimate of drug-likeness (QED) is 0.0192. The van der Waals surface area contributed by atoms with Crippen LogP contribution in [0.4, 0.5) is 29.2 Å². The molecule has 5 saturated heterocycles. The minimum absolute atomic E-state index is 0.00558. The largest absolute Gasteiger partial charge is 0.499 e. The number of anilines is 5. The molecule has 5 aliphatic rings. The standard InChI is InChI=1S/C48H63N19O27P4/c1-20-11-65(48(73)60-40(20)51)33-6-21(69)27(87-33)13-82-95(74,75)92-23-8-34(63-4-2-31(49)58-46(63)71)88-28(23)14-84-97(78,79)93-24-9-35(64-5-3-32(50)59-47(64)72)89-29(24)15-85-98(80,81)94-25-10-36(66-18-56-38-41(52)54-17-55-42(38)66)90-30(25)16-83-96(76,77)91-22-7-37(86-26(22)12-68)67-19-57-39-43(67)61-45(53)62-44(39)70/h2-5,11,17-19,21-30,33-37,68-69H,6-10,12-16H2,1H3,(H15,49,50,51,52,53,54,55,58,59,60,61,62,70,71,72,73,74,75,76,77,78,79,80,81)/p+1/t21-,22-,23-,24-,25-,26+,27+,28+,29+,30+,33+,34+,35+,36+,37+/m0/s1. The first-order valence-electron chi connectivity index (χ1n) is 29.3. The molecule has 7 aromatic rings. The van der Waals surface area contributed by atoms with Gasteiger partial charge in [-0.25, -0.2) is 47.8 Å². The lowest BCUT2D eigenvalue weighted by molar-refractivity contribution is -0.773. The van der Waals surface area contributed by atoms with E-state index in [4.69, 9.17) is 88.5 Å². The highest BCUT2D eigenvalue weighted by atomic mass is 31.2. The number of aryl methyl sites for hydroxylation is 1. The third-order valence-corrected chi connectivity index (χ3v) is 20.2. The number of aromatic amines is 2. The number of rotatable bonds is 26. The SMILES string of the molecule is Cc1cn([C@H]2C[C@H](O)[C@@H](COP(=O)(O)O[C@H]3C[C@H]([n+]4ccc(N)[nH]c4=O)O[C@@H]3COP(=O)(O)O[C@H]3C[C@H](n4ccc(N)nc4=O)O[C@@H]3COP(=O)(O)O[C@H]3C[C@H](n4cnc5c(N)ncnc54)O[C@@H]3COP(=O)(O)O[C@H]3C[C@H](n4cnc5c(=O)[nH]c(N)nc54)O[C@@H]3CO)O2)c(=O)nc1N. The van der Waals surface area contributed by atoms with Crippen molar-refractivity contribution in [3.63, 3.8) is 0 Å². The summed E-state index contributed by atoms with van der Waals surface area (Å²) in [5.41, 5.74) is 26.3. The van der Waals surface area contributed by atoms with Crippen molar-refractivity contribution in [3.8, 4) is 0 Å². The zero-order chi connectivity index (χ0) is 69.9. The van der Waals surface area contributed by atoms with E-state index in [2.05, 4.69) is 44.9 Å². The van der Waals surface area contributed by atoms with Crippen molar-refractivity contribution in [2.45, 2.75) is 131 Å². The molecule has 46 nitrogen and oxygen atoms in total. The maximum atomic E-state index is 14.2. The molecular formula is C48H64N19O27P4+. The van der Waals surface area contributed by atoms with Gasteiger partial charge in [0.25, 0.3) is 5.56 Å². The maximum Gasteiger partial charge on any atom is 0.499 e. The van der Waals surface area contributed by atoms with Crippen molar-refractivity contribution < 1.29 is 112 Å². The average molecular weight is 1460 g/mol. The van der Waals surface area contributed by atoms with Gasteiger partial charge in [0.1, 0.15) is 110 Å². The molecule has 18 N–H and O–H groups in total. The molecule has 0 amide bonds. The molecule has 19 atom stereocenters. The summed E-state index contributed by atoms with van der Waals surface area (Å²) in [6, 6.07) is 2.50. The van der Waals surface area contributed by atoms with E-state index >= 15 is 0 Å². The van der Waals surface area contributed by atoms with Gasteiger partial charge < -0.3 is 82.1 Å². The van der Waals surface area contributed by atoms with Crippen LogP contribution in [0.25, 0.3) is 22.3 Å². The van der Waals surface area contributed by atoms with E-state index in [1.807, 2.05) is 0 Å². The summed E-state index contributed by atoms with van der Waals surface area (Å²) in [6.07, 6.45) is -15.5. The number of hydrogen-bond donors (Lipinski definition) is 13. The van der Waals surface area contributed by atoms with Gasteiger partial charge in [-0.15, -0.1) is 0 Å². The summed E-state index contributed by atoms with van der Waals surface area (Å²) in [5, 5.41) is 21.0. The van der Waals surface area contributed by atoms with Gasteiger partial charge >= 0.3 is 48.4 Å². The molecule has 0 radical (unpaired) electrons. The number of ether oxygens (including phenoxy) is 5. The van der Waals surface area contributed by atoms with E-state index in [0.717, 1.165) is 20.0 Å². The predicted molar refractivity (Wildman–Crippen MR) is 323 cm³/mol. The fourth-order valence-corrected chi connectivity index (χ4v) is 15.2. The number of nitrogens with zero attached hydrogens (tertiary/aromatic N) is 12. The van der Waals surface area contributed by atoms with Crippen molar-refractivity contribution in [1.82, 2.24) is 63.1 Å². The van der Waals surface area contributed by atoms with E-state index in [1.165, 1.54) is 52.5 Å². The summed E-state index contributed by atoms with van der Waals surface area (Å²) in [4.78, 5) is 129. The molecule has 12 rings (SSSR count). The number of nitrogen functional groups attached to an aromatic ring is 5. The number of aliphatic hydroxyl groups is 2. The van der Waals surface area contributed by atoms with Gasteiger partial charge in [0, 0.05) is 56.1 Å². The number of aliphatic hydroxyl groups excluding tert-OH is 2. The number of phosphoric ester groups is 4. The van der Waals surface area contributed by atoms with Crippen LogP contribution in [-0.4, -0.2) is 187 Å². The lowest BCUT2D eigenvalue weighted by Crippen LogP contribution is -2.54. The van der Waals surface area contributed by atoms with Gasteiger partial charge in [0.05, 0.1) is 51.8 Å². The lowest BCUT2D eigenvalue weighted by atomic mass is 10.2. The molecule has 0 saturated carbocycles. The van der Waals surface area contributed by atoms with Crippen LogP contribution < -0.4 is 55.9 Å². The molecule has 98 heavy (non-hydrogen) atoms. The zero-order valence-electron chi connectivity index (χ0n) is 50.6. The fourth-order valence-electron chi connectivity index (χ4n) is 11.4. The number of nitrogens with one attached hydrogen (secondary N) is 2. The zero-order valence-corrected chi connectivity index (χ0v) is 54.2. The Morgan fingerprint density at radius 2 is 1.07 bits per heavy atom. The lowest BCUT2D eigenvalue weighted by Gasteiger charge is -2.25. The van der Waals surface area contributed by atoms with Crippen molar-refractivity contribution in [3.05, 3.63) is 97.1 Å². The molecule has 7 aromatic heterocycles. The monoisotopic (exact) mass is 1460 g/mol. The normalized spacial score (nSPS) is 29.8. The van der Waals surface area contributed by atoms with Gasteiger partial charge in [0.2, 0.25) is 12.2 Å². The van der Waals surface area contributed by atoms with Crippen LogP contribution in [0.15, 0.2) is 68.9 Å². The van der Waals surface area contributed by atoms with Gasteiger partial charge in [-0.2, -0.15) is 29.3 Å². The Kier molecular flexibility index (Phi) is 20.2. The first kappa shape index (κ1) is 70.6. The number of nitrogens with two attached hydrogens (primary N) is 5. The van der Waals surface area contributed by atoms with Crippen molar-refractivity contribution in [2.75, 3.05) is 61.7 Å². The average Bonchev–Trinajstić information content (AvgIpc) is 1.63. The van der Waals surface area contributed by atoms with Crippen LogP contribution in [0.2, 0.25) is 0 Å². The highest BCUT2D eigenvalue weighted by molar-refractivity contribution is 7.48. The molecule has 0 spiro atoms. The van der Waals surface area contributed by atoms with E-state index in [9.17, 15) is 67.2 Å². The molecule has 0 bridgehead atoms. The van der Waals surface area contributed by atoms with Gasteiger partial charge in [-0.3, -0.25) is 64.2 Å². The Bertz CT molecular complexity index is 4580. The van der Waals surface area contributed by atoms with E-state index in [-0.39, 0.29) is 70.8 Å². The Hall–Kier alpha value is -7.30. The molecule has 4 unspecified atom stereocenters. The van der Waals surface area contributed by atoms with Crippen LogP contribution in [0, 0.1) is 6.92 Å². The van der Waals surface area contributed by atoms with Gasteiger partial charge in [-0.05, 0) is 13.0 Å². The number of fused-ring (bicyclic) bond motifs is 2. The van der Waals surface area contributed by atoms with E-state index < -0.39 is 192 Å². The maximum absolute atomic E-state index is 14.2. The van der Waals surface area contributed by atoms with Crippen molar-refractivity contribution in [2.24, 2.45) is 0 Å². The second-order valence-corrected chi connectivity index (χ2v) is 28.3. The summed E-state index contributed by atoms with van der Waals surface area (Å²) in [7, 11) is -21.4. The minimum Gasteiger partial charge on any atom is -0.394 e. The second-order valence-electron chi connectivity index (χ2n) is 22.7. The first-order valence-corrected chi connectivity index (χ1v) is 35.3. The summed E-state index contributed by atoms with van der Waals surface area (Å²) < 4.78 is 135. The van der Waals surface area contributed by atoms with Crippen molar-refractivity contribution >= 4 is 82.8 Å². The third-order valence-electron chi connectivity index (χ3n) is 16.1. The highest BCUT2D eigenvalue weighted by Crippen LogP contribution is 2.55. The van der Waals surface area contributed by atoms with Crippen LogP contribution in [0.3, 0.4) is 0 Å². The van der Waals surface area contributed by atoms with E-state index in [1.54, 1.807) is 6.92 Å². The summed E-state index contributed by atoms with van der Waals surface area (Å²) >= 11 is 0. The second kappa shape index (κ2) is 28.0. The number of H-pyrrole nitrogens is 2. The Balaban J connectivity index is 0.726. The van der Waals surface area contributed by atoms with Crippen LogP contribution in [0.1, 0.15) is 68.8 Å². The smallest absolute Gasteiger partial charge is 0.394 e. The molecule has 5 fully saturated rings. The van der Waals surface area contributed by atoms with Gasteiger partial charge in [0.15, 0.2) is 28.4 Å². The fraction of sp³-hybridized carbons (Fsp3) is 0.542.